The number of fused-ring (bicyclic) bond motifs is 2. The highest BCUT2D eigenvalue weighted by Gasteiger charge is 2.15. The molecule has 0 aliphatic heterocycles. The van der Waals surface area contributed by atoms with Crippen molar-refractivity contribution in [1.29, 1.82) is 5.26 Å². The number of hydrogen-bond acceptors (Lipinski definition) is 3. The Hall–Kier alpha value is -3.45. The number of nitrogens with zero attached hydrogens (tertiary/aromatic N) is 4. The Morgan fingerprint density at radius 3 is 2.77 bits per heavy atom. The van der Waals surface area contributed by atoms with Crippen LogP contribution < -0.4 is 0 Å². The van der Waals surface area contributed by atoms with Crippen molar-refractivity contribution in [2.24, 2.45) is 0 Å². The van der Waals surface area contributed by atoms with Gasteiger partial charge in [0.25, 0.3) is 0 Å². The lowest BCUT2D eigenvalue weighted by molar-refractivity contribution is 0.912. The van der Waals surface area contributed by atoms with Gasteiger partial charge in [0.05, 0.1) is 11.9 Å². The minimum absolute atomic E-state index is 0.532. The van der Waals surface area contributed by atoms with Gasteiger partial charge in [-0.3, -0.25) is 9.38 Å². The third-order valence-electron chi connectivity index (χ3n) is 5.11. The van der Waals surface area contributed by atoms with E-state index in [0.29, 0.717) is 5.69 Å². The molecule has 4 heteroatoms. The van der Waals surface area contributed by atoms with Gasteiger partial charge in [-0.25, -0.2) is 4.98 Å². The first kappa shape index (κ1) is 14.9. The van der Waals surface area contributed by atoms with Crippen LogP contribution in [0.1, 0.15) is 23.2 Å². The normalized spacial score (nSPS) is 12.9. The summed E-state index contributed by atoms with van der Waals surface area (Å²) in [5, 5.41) is 9.28. The van der Waals surface area contributed by atoms with Crippen molar-refractivity contribution in [1.82, 2.24) is 14.4 Å². The summed E-state index contributed by atoms with van der Waals surface area (Å²) in [7, 11) is 0. The van der Waals surface area contributed by atoms with Crippen molar-refractivity contribution in [2.45, 2.75) is 19.3 Å². The summed E-state index contributed by atoms with van der Waals surface area (Å²) in [5.74, 6) is 0. The molecule has 124 valence electrons. The van der Waals surface area contributed by atoms with Crippen LogP contribution in [0.3, 0.4) is 0 Å². The fraction of sp³-hybridized carbons (Fsp3) is 0.136. The van der Waals surface area contributed by atoms with E-state index in [4.69, 9.17) is 0 Å². The molecule has 0 N–H and O–H groups in total. The molecule has 0 bridgehead atoms. The second kappa shape index (κ2) is 5.82. The summed E-state index contributed by atoms with van der Waals surface area (Å²) in [6, 6.07) is 16.9. The largest absolute Gasteiger partial charge is 0.291 e. The lowest BCUT2D eigenvalue weighted by Crippen LogP contribution is -1.94. The maximum Gasteiger partial charge on any atom is 0.144 e. The van der Waals surface area contributed by atoms with Gasteiger partial charge in [-0.2, -0.15) is 5.26 Å². The monoisotopic (exact) mass is 336 g/mol. The van der Waals surface area contributed by atoms with Gasteiger partial charge in [0.1, 0.15) is 17.4 Å². The highest BCUT2D eigenvalue weighted by Crippen LogP contribution is 2.33. The van der Waals surface area contributed by atoms with Gasteiger partial charge in [-0.1, -0.05) is 18.2 Å². The molecule has 1 aliphatic rings. The summed E-state index contributed by atoms with van der Waals surface area (Å²) >= 11 is 0. The number of aryl methyl sites for hydroxylation is 2. The molecule has 4 nitrogen and oxygen atoms in total. The molecular formula is C22H16N4. The first-order valence-electron chi connectivity index (χ1n) is 8.78. The van der Waals surface area contributed by atoms with Crippen LogP contribution in [0, 0.1) is 11.3 Å². The van der Waals surface area contributed by atoms with Crippen LogP contribution in [0.5, 0.6) is 0 Å². The average Bonchev–Trinajstić information content (AvgIpc) is 3.33. The van der Waals surface area contributed by atoms with Gasteiger partial charge in [0.2, 0.25) is 0 Å². The van der Waals surface area contributed by atoms with Crippen molar-refractivity contribution in [3.8, 4) is 28.5 Å². The van der Waals surface area contributed by atoms with E-state index in [2.05, 4.69) is 40.3 Å². The molecule has 5 rings (SSSR count). The van der Waals surface area contributed by atoms with Gasteiger partial charge in [0.15, 0.2) is 0 Å². The van der Waals surface area contributed by atoms with Crippen LogP contribution >= 0.6 is 0 Å². The Labute approximate surface area is 151 Å². The Morgan fingerprint density at radius 1 is 0.962 bits per heavy atom. The van der Waals surface area contributed by atoms with E-state index >= 15 is 0 Å². The third-order valence-corrected chi connectivity index (χ3v) is 5.11. The standard InChI is InChI=1S/C22H16N4/c23-12-19-13-25-21-9-8-18(14-26(19)21)20-5-2-10-24-22(20)17-7-6-15-3-1-4-16(15)11-17/h2,5-11,13-14H,1,3-4H2. The predicted octanol–water partition coefficient (Wildman–Crippen LogP) is 4.42. The molecule has 26 heavy (non-hydrogen) atoms. The number of imidazole rings is 1. The van der Waals surface area contributed by atoms with E-state index in [9.17, 15) is 5.26 Å². The number of aromatic nitrogens is 3. The summed E-state index contributed by atoms with van der Waals surface area (Å²) in [6.07, 6.45) is 8.97. The number of benzene rings is 1. The molecule has 3 aromatic heterocycles. The first-order valence-corrected chi connectivity index (χ1v) is 8.78. The molecule has 4 aromatic rings. The molecular weight excluding hydrogens is 320 g/mol. The first-order chi connectivity index (χ1) is 12.8. The predicted molar refractivity (Wildman–Crippen MR) is 101 cm³/mol. The Kier molecular flexibility index (Phi) is 3.32. The Balaban J connectivity index is 1.68. The summed E-state index contributed by atoms with van der Waals surface area (Å²) < 4.78 is 1.83. The number of rotatable bonds is 2. The van der Waals surface area contributed by atoms with Crippen LogP contribution in [-0.4, -0.2) is 14.4 Å². The lowest BCUT2D eigenvalue weighted by atomic mass is 9.98. The van der Waals surface area contributed by atoms with Crippen molar-refractivity contribution in [2.75, 3.05) is 0 Å². The van der Waals surface area contributed by atoms with E-state index < -0.39 is 0 Å². The maximum absolute atomic E-state index is 9.28. The zero-order valence-corrected chi connectivity index (χ0v) is 14.2. The Bertz CT molecular complexity index is 1180. The van der Waals surface area contributed by atoms with Crippen molar-refractivity contribution >= 4 is 5.65 Å². The smallest absolute Gasteiger partial charge is 0.144 e. The van der Waals surface area contributed by atoms with Crippen LogP contribution in [-0.2, 0) is 12.8 Å². The second-order valence-corrected chi connectivity index (χ2v) is 6.64. The molecule has 0 saturated heterocycles. The topological polar surface area (TPSA) is 54.0 Å². The molecule has 0 amide bonds. The summed E-state index contributed by atoms with van der Waals surface area (Å²) in [6.45, 7) is 0. The minimum Gasteiger partial charge on any atom is -0.291 e. The summed E-state index contributed by atoms with van der Waals surface area (Å²) in [5.41, 5.74) is 8.41. The molecule has 1 aromatic carbocycles. The van der Waals surface area contributed by atoms with E-state index in [1.807, 2.05) is 35.0 Å². The molecule has 1 aliphatic carbocycles. The van der Waals surface area contributed by atoms with E-state index in [-0.39, 0.29) is 0 Å². The molecule has 0 saturated carbocycles. The van der Waals surface area contributed by atoms with Gasteiger partial charge >= 0.3 is 0 Å². The molecule has 0 unspecified atom stereocenters. The zero-order valence-electron chi connectivity index (χ0n) is 14.2. The van der Waals surface area contributed by atoms with Crippen molar-refractivity contribution < 1.29 is 0 Å². The maximum atomic E-state index is 9.28. The van der Waals surface area contributed by atoms with Gasteiger partial charge in [0, 0.05) is 29.1 Å². The number of nitriles is 1. The quantitative estimate of drug-likeness (QED) is 0.544. The molecule has 0 radical (unpaired) electrons. The Morgan fingerprint density at radius 2 is 1.85 bits per heavy atom. The molecule has 3 heterocycles. The van der Waals surface area contributed by atoms with Crippen LogP contribution in [0.4, 0.5) is 0 Å². The van der Waals surface area contributed by atoms with Gasteiger partial charge < -0.3 is 0 Å². The fourth-order valence-corrected chi connectivity index (χ4v) is 3.81. The van der Waals surface area contributed by atoms with Gasteiger partial charge in [-0.05, 0) is 54.7 Å². The van der Waals surface area contributed by atoms with E-state index in [0.717, 1.165) is 34.5 Å². The van der Waals surface area contributed by atoms with Crippen molar-refractivity contribution in [3.63, 3.8) is 0 Å². The molecule has 0 spiro atoms. The van der Waals surface area contributed by atoms with Crippen LogP contribution in [0.15, 0.2) is 61.1 Å². The number of hydrogen-bond donors (Lipinski definition) is 0. The lowest BCUT2D eigenvalue weighted by Gasteiger charge is -2.11. The number of pyridine rings is 2. The SMILES string of the molecule is N#Cc1cnc2ccc(-c3cccnc3-c3ccc4c(c3)CCC4)cn12. The molecule has 0 fully saturated rings. The second-order valence-electron chi connectivity index (χ2n) is 6.64. The van der Waals surface area contributed by atoms with Crippen molar-refractivity contribution in [3.05, 3.63) is 77.9 Å². The molecule has 0 atom stereocenters. The van der Waals surface area contributed by atoms with Gasteiger partial charge in [-0.15, -0.1) is 0 Å². The minimum atomic E-state index is 0.532. The highest BCUT2D eigenvalue weighted by molar-refractivity contribution is 5.81. The van der Waals surface area contributed by atoms with E-state index in [1.165, 1.54) is 24.0 Å². The fourth-order valence-electron chi connectivity index (χ4n) is 3.81. The van der Waals surface area contributed by atoms with Crippen LogP contribution in [0.25, 0.3) is 28.0 Å². The van der Waals surface area contributed by atoms with E-state index in [1.54, 1.807) is 6.20 Å². The average molecular weight is 336 g/mol. The highest BCUT2D eigenvalue weighted by atomic mass is 15.0. The summed E-state index contributed by atoms with van der Waals surface area (Å²) in [4.78, 5) is 8.94. The van der Waals surface area contributed by atoms with Crippen LogP contribution in [0.2, 0.25) is 0 Å². The zero-order chi connectivity index (χ0) is 17.5. The third kappa shape index (κ3) is 2.29.